The van der Waals surface area contributed by atoms with Crippen LogP contribution in [-0.4, -0.2) is 0 Å². The molecule has 0 aliphatic rings. The standard InChI is InChI=1S/C17H19BrClN/c1-11(2)9-12-3-5-13(6-4-12)17(20)15-10-14(18)7-8-16(15)19/h3-8,10-11,17H,9,20H2,1-2H3. The first kappa shape index (κ1) is 15.6. The first-order valence-corrected chi connectivity index (χ1v) is 7.94. The Morgan fingerprint density at radius 1 is 1.10 bits per heavy atom. The molecule has 0 saturated heterocycles. The molecule has 0 radical (unpaired) electrons. The Morgan fingerprint density at radius 3 is 2.35 bits per heavy atom. The van der Waals surface area contributed by atoms with Gasteiger partial charge in [-0.1, -0.05) is 65.6 Å². The van der Waals surface area contributed by atoms with Gasteiger partial charge in [-0.2, -0.15) is 0 Å². The van der Waals surface area contributed by atoms with Crippen LogP contribution in [0.1, 0.15) is 36.6 Å². The summed E-state index contributed by atoms with van der Waals surface area (Å²) in [5.74, 6) is 0.661. The third kappa shape index (κ3) is 3.85. The molecular formula is C17H19BrClN. The van der Waals surface area contributed by atoms with E-state index in [0.717, 1.165) is 22.0 Å². The van der Waals surface area contributed by atoms with Gasteiger partial charge in [-0.3, -0.25) is 0 Å². The maximum Gasteiger partial charge on any atom is 0.0566 e. The average molecular weight is 353 g/mol. The Balaban J connectivity index is 2.24. The summed E-state index contributed by atoms with van der Waals surface area (Å²) in [5.41, 5.74) is 9.70. The Labute approximate surface area is 134 Å². The molecule has 2 N–H and O–H groups in total. The van der Waals surface area contributed by atoms with Crippen LogP contribution in [0.2, 0.25) is 5.02 Å². The van der Waals surface area contributed by atoms with Crippen LogP contribution in [0.3, 0.4) is 0 Å². The summed E-state index contributed by atoms with van der Waals surface area (Å²) >= 11 is 9.70. The van der Waals surface area contributed by atoms with E-state index in [1.165, 1.54) is 5.56 Å². The Kier molecular flexibility index (Phi) is 5.25. The van der Waals surface area contributed by atoms with E-state index < -0.39 is 0 Å². The Hall–Kier alpha value is -0.830. The molecule has 2 rings (SSSR count). The van der Waals surface area contributed by atoms with Gasteiger partial charge in [0.25, 0.3) is 0 Å². The summed E-state index contributed by atoms with van der Waals surface area (Å²) in [7, 11) is 0. The number of benzene rings is 2. The largest absolute Gasteiger partial charge is 0.320 e. The minimum atomic E-state index is -0.201. The highest BCUT2D eigenvalue weighted by molar-refractivity contribution is 9.10. The van der Waals surface area contributed by atoms with E-state index in [0.29, 0.717) is 10.9 Å². The minimum Gasteiger partial charge on any atom is -0.320 e. The van der Waals surface area contributed by atoms with Crippen molar-refractivity contribution < 1.29 is 0 Å². The van der Waals surface area contributed by atoms with Crippen molar-refractivity contribution in [2.75, 3.05) is 0 Å². The van der Waals surface area contributed by atoms with Gasteiger partial charge in [0.05, 0.1) is 6.04 Å². The molecule has 0 aromatic heterocycles. The van der Waals surface area contributed by atoms with E-state index in [-0.39, 0.29) is 6.04 Å². The van der Waals surface area contributed by atoms with Crippen molar-refractivity contribution in [3.63, 3.8) is 0 Å². The molecule has 0 aliphatic heterocycles. The fraction of sp³-hybridized carbons (Fsp3) is 0.294. The molecule has 1 nitrogen and oxygen atoms in total. The third-order valence-electron chi connectivity index (χ3n) is 3.28. The van der Waals surface area contributed by atoms with Gasteiger partial charge in [0.1, 0.15) is 0 Å². The SMILES string of the molecule is CC(C)Cc1ccc(C(N)c2cc(Br)ccc2Cl)cc1. The van der Waals surface area contributed by atoms with Crippen LogP contribution < -0.4 is 5.73 Å². The molecule has 0 amide bonds. The van der Waals surface area contributed by atoms with Crippen molar-refractivity contribution in [2.24, 2.45) is 11.7 Å². The van der Waals surface area contributed by atoms with E-state index >= 15 is 0 Å². The highest BCUT2D eigenvalue weighted by Gasteiger charge is 2.13. The van der Waals surface area contributed by atoms with E-state index in [2.05, 4.69) is 54.0 Å². The lowest BCUT2D eigenvalue weighted by Crippen LogP contribution is -2.12. The average Bonchev–Trinajstić information content (AvgIpc) is 2.41. The zero-order valence-corrected chi connectivity index (χ0v) is 14.1. The molecular weight excluding hydrogens is 334 g/mol. The van der Waals surface area contributed by atoms with Gasteiger partial charge in [0, 0.05) is 9.50 Å². The number of nitrogens with two attached hydrogens (primary N) is 1. The minimum absolute atomic E-state index is 0.201. The molecule has 0 aliphatic carbocycles. The first-order valence-electron chi connectivity index (χ1n) is 6.76. The maximum absolute atomic E-state index is 6.33. The predicted molar refractivity (Wildman–Crippen MR) is 90.2 cm³/mol. The summed E-state index contributed by atoms with van der Waals surface area (Å²) in [6.07, 6.45) is 1.09. The summed E-state index contributed by atoms with van der Waals surface area (Å²) in [5, 5.41) is 0.701. The second-order valence-electron chi connectivity index (χ2n) is 5.48. The number of rotatable bonds is 4. The quantitative estimate of drug-likeness (QED) is 0.788. The highest BCUT2D eigenvalue weighted by Crippen LogP contribution is 2.29. The van der Waals surface area contributed by atoms with Crippen molar-refractivity contribution in [3.8, 4) is 0 Å². The summed E-state index contributed by atoms with van der Waals surface area (Å²) < 4.78 is 0.990. The van der Waals surface area contributed by atoms with Crippen LogP contribution in [0.4, 0.5) is 0 Å². The lowest BCUT2D eigenvalue weighted by atomic mass is 9.96. The van der Waals surface area contributed by atoms with Gasteiger partial charge < -0.3 is 5.73 Å². The molecule has 3 heteroatoms. The molecule has 0 heterocycles. The second-order valence-corrected chi connectivity index (χ2v) is 6.81. The molecule has 0 bridgehead atoms. The van der Waals surface area contributed by atoms with Crippen molar-refractivity contribution >= 4 is 27.5 Å². The number of halogens is 2. The topological polar surface area (TPSA) is 26.0 Å². The monoisotopic (exact) mass is 351 g/mol. The van der Waals surface area contributed by atoms with Crippen LogP contribution in [0, 0.1) is 5.92 Å². The maximum atomic E-state index is 6.33. The van der Waals surface area contributed by atoms with E-state index in [1.807, 2.05) is 18.2 Å². The second kappa shape index (κ2) is 6.75. The molecule has 1 unspecified atom stereocenters. The summed E-state index contributed by atoms with van der Waals surface area (Å²) in [6.45, 7) is 4.45. The van der Waals surface area contributed by atoms with Gasteiger partial charge >= 0.3 is 0 Å². The predicted octanol–water partition coefficient (Wildman–Crippen LogP) is 5.35. The van der Waals surface area contributed by atoms with E-state index in [9.17, 15) is 0 Å². The van der Waals surface area contributed by atoms with Gasteiger partial charge in [0.15, 0.2) is 0 Å². The van der Waals surface area contributed by atoms with Crippen molar-refractivity contribution in [2.45, 2.75) is 26.3 Å². The van der Waals surface area contributed by atoms with Crippen molar-refractivity contribution in [1.82, 2.24) is 0 Å². The number of hydrogen-bond acceptors (Lipinski definition) is 1. The lowest BCUT2D eigenvalue weighted by molar-refractivity contribution is 0.647. The van der Waals surface area contributed by atoms with Crippen LogP contribution >= 0.6 is 27.5 Å². The molecule has 0 spiro atoms. The van der Waals surface area contributed by atoms with Gasteiger partial charge in [-0.15, -0.1) is 0 Å². The zero-order chi connectivity index (χ0) is 14.7. The molecule has 1 atom stereocenters. The van der Waals surface area contributed by atoms with Crippen LogP contribution in [0.15, 0.2) is 46.9 Å². The normalized spacial score (nSPS) is 12.7. The van der Waals surface area contributed by atoms with E-state index in [4.69, 9.17) is 17.3 Å². The van der Waals surface area contributed by atoms with Crippen LogP contribution in [0.5, 0.6) is 0 Å². The van der Waals surface area contributed by atoms with Gasteiger partial charge in [-0.05, 0) is 47.2 Å². The Morgan fingerprint density at radius 2 is 1.75 bits per heavy atom. The molecule has 0 fully saturated rings. The first-order chi connectivity index (χ1) is 9.47. The molecule has 0 saturated carbocycles. The molecule has 2 aromatic carbocycles. The smallest absolute Gasteiger partial charge is 0.0566 e. The highest BCUT2D eigenvalue weighted by atomic mass is 79.9. The van der Waals surface area contributed by atoms with Crippen LogP contribution in [0.25, 0.3) is 0 Å². The zero-order valence-electron chi connectivity index (χ0n) is 11.7. The Bertz CT molecular complexity index is 578. The van der Waals surface area contributed by atoms with Gasteiger partial charge in [-0.25, -0.2) is 0 Å². The fourth-order valence-corrected chi connectivity index (χ4v) is 2.88. The van der Waals surface area contributed by atoms with Crippen molar-refractivity contribution in [3.05, 3.63) is 68.7 Å². The molecule has 2 aromatic rings. The fourth-order valence-electron chi connectivity index (χ4n) is 2.26. The molecule has 20 heavy (non-hydrogen) atoms. The molecule has 106 valence electrons. The van der Waals surface area contributed by atoms with E-state index in [1.54, 1.807) is 0 Å². The summed E-state index contributed by atoms with van der Waals surface area (Å²) in [6, 6.07) is 14.1. The number of hydrogen-bond donors (Lipinski definition) is 1. The third-order valence-corrected chi connectivity index (χ3v) is 4.11. The van der Waals surface area contributed by atoms with Crippen LogP contribution in [-0.2, 0) is 6.42 Å². The van der Waals surface area contributed by atoms with Gasteiger partial charge in [0.2, 0.25) is 0 Å². The van der Waals surface area contributed by atoms with Crippen molar-refractivity contribution in [1.29, 1.82) is 0 Å². The lowest BCUT2D eigenvalue weighted by Gasteiger charge is -2.15. The summed E-state index contributed by atoms with van der Waals surface area (Å²) in [4.78, 5) is 0.